The lowest BCUT2D eigenvalue weighted by Gasteiger charge is -2.23. The van der Waals surface area contributed by atoms with Crippen molar-refractivity contribution < 1.29 is 23.7 Å². The summed E-state index contributed by atoms with van der Waals surface area (Å²) >= 11 is 5.82. The Bertz CT molecular complexity index is 424. The molecule has 0 unspecified atom stereocenters. The zero-order chi connectivity index (χ0) is 14.4. The number of halogens is 2. The Hall–Kier alpha value is -0.880. The molecule has 0 radical (unpaired) electrons. The first kappa shape index (κ1) is 15.5. The molecule has 1 saturated heterocycles. The molecule has 0 aromatic heterocycles. The number of benzene rings is 1. The molecule has 0 saturated carbocycles. The van der Waals surface area contributed by atoms with Gasteiger partial charge in [-0.25, -0.2) is 4.39 Å². The monoisotopic (exact) mass is 304 g/mol. The molecule has 1 heterocycles. The minimum atomic E-state index is -0.751. The summed E-state index contributed by atoms with van der Waals surface area (Å²) in [5, 5.41) is 9.97. The molecule has 1 N–H and O–H groups in total. The smallest absolute Gasteiger partial charge is 0.138 e. The summed E-state index contributed by atoms with van der Waals surface area (Å²) in [6.07, 6.45) is 1.07. The molecule has 0 spiro atoms. The summed E-state index contributed by atoms with van der Waals surface area (Å²) in [6.45, 7) is 1.64. The highest BCUT2D eigenvalue weighted by atomic mass is 35.5. The van der Waals surface area contributed by atoms with Crippen molar-refractivity contribution in [2.24, 2.45) is 0 Å². The lowest BCUT2D eigenvalue weighted by Crippen LogP contribution is -2.30. The maximum absolute atomic E-state index is 12.9. The number of aliphatic hydroxyl groups is 1. The van der Waals surface area contributed by atoms with Crippen molar-refractivity contribution in [3.63, 3.8) is 0 Å². The molecule has 20 heavy (non-hydrogen) atoms. The third-order valence-corrected chi connectivity index (χ3v) is 3.31. The number of aliphatic hydroxyl groups excluding tert-OH is 1. The molecule has 6 heteroatoms. The van der Waals surface area contributed by atoms with Crippen LogP contribution in [0.1, 0.15) is 12.8 Å². The third kappa shape index (κ3) is 4.90. The van der Waals surface area contributed by atoms with Crippen molar-refractivity contribution in [1.29, 1.82) is 0 Å². The average Bonchev–Trinajstić information content (AvgIpc) is 2.45. The number of hydrogen-bond donors (Lipinski definition) is 1. The zero-order valence-electron chi connectivity index (χ0n) is 11.1. The lowest BCUT2D eigenvalue weighted by molar-refractivity contribution is -0.0659. The van der Waals surface area contributed by atoms with E-state index < -0.39 is 11.9 Å². The van der Waals surface area contributed by atoms with Gasteiger partial charge < -0.3 is 19.3 Å². The topological polar surface area (TPSA) is 47.9 Å². The van der Waals surface area contributed by atoms with Gasteiger partial charge in [0.2, 0.25) is 0 Å². The zero-order valence-corrected chi connectivity index (χ0v) is 11.8. The quantitative estimate of drug-likeness (QED) is 0.877. The van der Waals surface area contributed by atoms with E-state index >= 15 is 0 Å². The molecular weight excluding hydrogens is 287 g/mol. The summed E-state index contributed by atoms with van der Waals surface area (Å²) in [7, 11) is 0. The Morgan fingerprint density at radius 2 is 2.10 bits per heavy atom. The standard InChI is InChI=1S/C14H18ClFO4/c15-13-7-10(16)1-2-14(13)20-9-11(17)8-19-12-3-5-18-6-4-12/h1-2,7,11-12,17H,3-6,8-9H2/t11-/m0/s1. The van der Waals surface area contributed by atoms with Crippen LogP contribution in [-0.2, 0) is 9.47 Å². The molecule has 0 aliphatic carbocycles. The van der Waals surface area contributed by atoms with E-state index in [1.807, 2.05) is 0 Å². The average molecular weight is 305 g/mol. The van der Waals surface area contributed by atoms with Gasteiger partial charge >= 0.3 is 0 Å². The number of hydrogen-bond acceptors (Lipinski definition) is 4. The SMILES string of the molecule is O[C@H](COc1ccc(F)cc1Cl)COC1CCOCC1. The summed E-state index contributed by atoms with van der Waals surface area (Å²) in [5.41, 5.74) is 0. The summed E-state index contributed by atoms with van der Waals surface area (Å²) in [5.74, 6) is -0.0797. The van der Waals surface area contributed by atoms with Crippen molar-refractivity contribution in [2.75, 3.05) is 26.4 Å². The van der Waals surface area contributed by atoms with Gasteiger partial charge in [-0.15, -0.1) is 0 Å². The molecule has 2 rings (SSSR count). The predicted octanol–water partition coefficient (Wildman–Crippen LogP) is 2.41. The van der Waals surface area contributed by atoms with Gasteiger partial charge in [0.1, 0.15) is 24.3 Å². The van der Waals surface area contributed by atoms with Gasteiger partial charge in [0.15, 0.2) is 0 Å². The highest BCUT2D eigenvalue weighted by Gasteiger charge is 2.16. The van der Waals surface area contributed by atoms with Crippen molar-refractivity contribution >= 4 is 11.6 Å². The first-order valence-electron chi connectivity index (χ1n) is 6.60. The van der Waals surface area contributed by atoms with Crippen LogP contribution in [0.5, 0.6) is 5.75 Å². The van der Waals surface area contributed by atoms with E-state index in [0.717, 1.165) is 12.8 Å². The largest absolute Gasteiger partial charge is 0.489 e. The van der Waals surface area contributed by atoms with E-state index in [2.05, 4.69) is 0 Å². The van der Waals surface area contributed by atoms with Crippen LogP contribution in [0.15, 0.2) is 18.2 Å². The van der Waals surface area contributed by atoms with Crippen LogP contribution >= 0.6 is 11.6 Å². The second kappa shape index (κ2) is 7.78. The Morgan fingerprint density at radius 1 is 1.35 bits per heavy atom. The fraction of sp³-hybridized carbons (Fsp3) is 0.571. The summed E-state index contributed by atoms with van der Waals surface area (Å²) in [6, 6.07) is 3.86. The van der Waals surface area contributed by atoms with E-state index in [0.29, 0.717) is 19.0 Å². The van der Waals surface area contributed by atoms with E-state index in [1.54, 1.807) is 0 Å². The molecule has 0 bridgehead atoms. The molecule has 1 aromatic carbocycles. The van der Waals surface area contributed by atoms with E-state index in [1.165, 1.54) is 18.2 Å². The van der Waals surface area contributed by atoms with Crippen molar-refractivity contribution in [3.05, 3.63) is 29.0 Å². The van der Waals surface area contributed by atoms with Gasteiger partial charge in [0, 0.05) is 13.2 Å². The van der Waals surface area contributed by atoms with Crippen LogP contribution in [0, 0.1) is 5.82 Å². The van der Waals surface area contributed by atoms with Crippen LogP contribution in [0.3, 0.4) is 0 Å². The first-order valence-corrected chi connectivity index (χ1v) is 6.98. The second-order valence-corrected chi connectivity index (χ2v) is 5.09. The second-order valence-electron chi connectivity index (χ2n) is 4.68. The van der Waals surface area contributed by atoms with Crippen LogP contribution < -0.4 is 4.74 Å². The van der Waals surface area contributed by atoms with E-state index in [9.17, 15) is 9.50 Å². The summed E-state index contributed by atoms with van der Waals surface area (Å²) in [4.78, 5) is 0. The Morgan fingerprint density at radius 3 is 2.80 bits per heavy atom. The maximum Gasteiger partial charge on any atom is 0.138 e. The van der Waals surface area contributed by atoms with Gasteiger partial charge in [-0.05, 0) is 31.0 Å². The van der Waals surface area contributed by atoms with E-state index in [4.69, 9.17) is 25.8 Å². The normalized spacial score (nSPS) is 17.9. The van der Waals surface area contributed by atoms with Crippen LogP contribution in [0.2, 0.25) is 5.02 Å². The van der Waals surface area contributed by atoms with Gasteiger partial charge in [-0.2, -0.15) is 0 Å². The predicted molar refractivity (Wildman–Crippen MR) is 72.7 cm³/mol. The number of ether oxygens (including phenoxy) is 3. The van der Waals surface area contributed by atoms with Gasteiger partial charge in [-0.3, -0.25) is 0 Å². The number of rotatable bonds is 6. The van der Waals surface area contributed by atoms with Gasteiger partial charge in [0.05, 0.1) is 17.7 Å². The fourth-order valence-electron chi connectivity index (χ4n) is 1.92. The lowest BCUT2D eigenvalue weighted by atomic mass is 10.1. The molecule has 1 aliphatic heterocycles. The molecule has 4 nitrogen and oxygen atoms in total. The molecule has 0 amide bonds. The van der Waals surface area contributed by atoms with Crippen molar-refractivity contribution in [2.45, 2.75) is 25.0 Å². The molecular formula is C14H18ClFO4. The van der Waals surface area contributed by atoms with Crippen LogP contribution in [0.4, 0.5) is 4.39 Å². The fourth-order valence-corrected chi connectivity index (χ4v) is 2.14. The molecule has 1 aliphatic rings. The highest BCUT2D eigenvalue weighted by molar-refractivity contribution is 6.32. The van der Waals surface area contributed by atoms with Gasteiger partial charge in [0.25, 0.3) is 0 Å². The first-order chi connectivity index (χ1) is 9.65. The minimum Gasteiger partial charge on any atom is -0.489 e. The van der Waals surface area contributed by atoms with Crippen molar-refractivity contribution in [1.82, 2.24) is 0 Å². The molecule has 1 aromatic rings. The summed E-state index contributed by atoms with van der Waals surface area (Å²) < 4.78 is 29.0. The Kier molecular flexibility index (Phi) is 6.04. The van der Waals surface area contributed by atoms with Gasteiger partial charge in [-0.1, -0.05) is 11.6 Å². The Balaban J connectivity index is 1.70. The Labute approximate surface area is 122 Å². The van der Waals surface area contributed by atoms with Crippen LogP contribution in [-0.4, -0.2) is 43.7 Å². The molecule has 1 atom stereocenters. The highest BCUT2D eigenvalue weighted by Crippen LogP contribution is 2.24. The van der Waals surface area contributed by atoms with E-state index in [-0.39, 0.29) is 24.3 Å². The molecule has 112 valence electrons. The molecule has 1 fully saturated rings. The maximum atomic E-state index is 12.9. The van der Waals surface area contributed by atoms with Crippen molar-refractivity contribution in [3.8, 4) is 5.75 Å². The van der Waals surface area contributed by atoms with Crippen LogP contribution in [0.25, 0.3) is 0 Å². The third-order valence-electron chi connectivity index (χ3n) is 3.02. The minimum absolute atomic E-state index is 0.0502.